The maximum absolute atomic E-state index is 13.1. The summed E-state index contributed by atoms with van der Waals surface area (Å²) in [6.45, 7) is 4.52. The molecule has 1 aliphatic rings. The van der Waals surface area contributed by atoms with Crippen molar-refractivity contribution >= 4 is 49.9 Å². The molecule has 0 saturated carbocycles. The minimum absolute atomic E-state index is 0.120. The molecule has 0 spiro atoms. The van der Waals surface area contributed by atoms with Crippen molar-refractivity contribution in [2.45, 2.75) is 19.9 Å². The van der Waals surface area contributed by atoms with Crippen molar-refractivity contribution in [3.63, 3.8) is 0 Å². The van der Waals surface area contributed by atoms with E-state index in [0.29, 0.717) is 34.5 Å². The van der Waals surface area contributed by atoms with Crippen LogP contribution in [0.1, 0.15) is 38.1 Å². The molecule has 8 heteroatoms. The van der Waals surface area contributed by atoms with Gasteiger partial charge < -0.3 is 15.5 Å². The van der Waals surface area contributed by atoms with Gasteiger partial charge in [0.25, 0.3) is 11.8 Å². The number of carbonyl (C=O) groups excluding carboxylic acids is 2. The fraction of sp³-hybridized carbons (Fsp3) is 0.208. The Balaban J connectivity index is 1.56. The summed E-state index contributed by atoms with van der Waals surface area (Å²) in [6.07, 6.45) is 0.692. The van der Waals surface area contributed by atoms with Crippen molar-refractivity contribution in [1.29, 1.82) is 0 Å². The molecule has 0 atom stereocenters. The van der Waals surface area contributed by atoms with Gasteiger partial charge in [-0.2, -0.15) is 0 Å². The number of carbonyl (C=O) groups is 2. The van der Waals surface area contributed by atoms with Crippen molar-refractivity contribution in [2.24, 2.45) is 5.73 Å². The first kappa shape index (κ1) is 20.4. The van der Waals surface area contributed by atoms with Crippen molar-refractivity contribution in [3.05, 3.63) is 74.5 Å². The predicted octanol–water partition coefficient (Wildman–Crippen LogP) is 3.74. The number of hydrogen-bond acceptors (Lipinski definition) is 6. The van der Waals surface area contributed by atoms with E-state index in [9.17, 15) is 14.4 Å². The zero-order valence-corrected chi connectivity index (χ0v) is 18.3. The van der Waals surface area contributed by atoms with Gasteiger partial charge in [-0.3, -0.25) is 14.5 Å². The van der Waals surface area contributed by atoms with E-state index >= 15 is 0 Å². The molecular formula is C24H21N3O4S. The van der Waals surface area contributed by atoms with E-state index in [0.717, 1.165) is 34.3 Å². The molecule has 2 aromatic carbocycles. The topological polar surface area (TPSA) is 106 Å². The Bertz CT molecular complexity index is 1450. The molecule has 0 unspecified atom stereocenters. The summed E-state index contributed by atoms with van der Waals surface area (Å²) in [7, 11) is 0. The average Bonchev–Trinajstić information content (AvgIpc) is 3.15. The number of nitrogens with two attached hydrogens (primary N) is 1. The molecule has 0 bridgehead atoms. The Kier molecular flexibility index (Phi) is 5.03. The van der Waals surface area contributed by atoms with Gasteiger partial charge in [-0.15, -0.1) is 11.3 Å². The van der Waals surface area contributed by atoms with Crippen LogP contribution in [-0.4, -0.2) is 29.8 Å². The van der Waals surface area contributed by atoms with E-state index in [2.05, 4.69) is 17.1 Å². The lowest BCUT2D eigenvalue weighted by atomic mass is 10.0. The average molecular weight is 448 g/mol. The first-order valence-electron chi connectivity index (χ1n) is 10.4. The van der Waals surface area contributed by atoms with Crippen LogP contribution in [0.5, 0.6) is 0 Å². The van der Waals surface area contributed by atoms with Gasteiger partial charge in [-0.05, 0) is 41.4 Å². The predicted molar refractivity (Wildman–Crippen MR) is 125 cm³/mol. The van der Waals surface area contributed by atoms with Crippen LogP contribution >= 0.6 is 11.3 Å². The van der Waals surface area contributed by atoms with E-state index in [-0.39, 0.29) is 5.56 Å². The van der Waals surface area contributed by atoms with Crippen LogP contribution in [0, 0.1) is 0 Å². The molecule has 3 N–H and O–H groups in total. The summed E-state index contributed by atoms with van der Waals surface area (Å²) in [5.74, 6) is -1.21. The highest BCUT2D eigenvalue weighted by Gasteiger charge is 2.28. The Morgan fingerprint density at radius 2 is 2.00 bits per heavy atom. The van der Waals surface area contributed by atoms with Gasteiger partial charge in [0.2, 0.25) is 0 Å². The lowest BCUT2D eigenvalue weighted by Gasteiger charge is -2.25. The number of amides is 2. The van der Waals surface area contributed by atoms with Crippen molar-refractivity contribution in [3.8, 4) is 0 Å². The number of hydrogen-bond donors (Lipinski definition) is 2. The normalized spacial score (nSPS) is 13.9. The number of nitrogens with zero attached hydrogens (tertiary/aromatic N) is 1. The largest absolute Gasteiger partial charge is 0.422 e. The van der Waals surface area contributed by atoms with E-state index in [1.807, 2.05) is 30.3 Å². The van der Waals surface area contributed by atoms with E-state index in [1.54, 1.807) is 12.1 Å². The van der Waals surface area contributed by atoms with Gasteiger partial charge in [0, 0.05) is 23.4 Å². The number of likely N-dealkylation sites (N-methyl/N-ethyl adjacent to an activating group) is 1. The summed E-state index contributed by atoms with van der Waals surface area (Å²) in [6, 6.07) is 12.8. The first-order chi connectivity index (χ1) is 15.5. The fourth-order valence-corrected chi connectivity index (χ4v) is 5.57. The summed E-state index contributed by atoms with van der Waals surface area (Å²) in [4.78, 5) is 41.1. The number of anilines is 1. The molecule has 0 aliphatic carbocycles. The maximum atomic E-state index is 13.1. The highest BCUT2D eigenvalue weighted by molar-refractivity contribution is 7.17. The molecule has 0 fully saturated rings. The highest BCUT2D eigenvalue weighted by atomic mass is 32.1. The molecule has 0 saturated heterocycles. The SMILES string of the molecule is CCN1CCc2c(sc(NC(=O)c3cc4c(ccc5ccccc54)oc3=O)c2C(N)=O)C1. The lowest BCUT2D eigenvalue weighted by molar-refractivity contribution is 0.1000. The number of rotatable bonds is 4. The molecule has 4 aromatic rings. The minimum Gasteiger partial charge on any atom is -0.422 e. The summed E-state index contributed by atoms with van der Waals surface area (Å²) >= 11 is 1.34. The van der Waals surface area contributed by atoms with E-state index < -0.39 is 17.4 Å². The van der Waals surface area contributed by atoms with Gasteiger partial charge in [-0.25, -0.2) is 4.79 Å². The smallest absolute Gasteiger partial charge is 0.349 e. The van der Waals surface area contributed by atoms with Gasteiger partial charge in [0.15, 0.2) is 0 Å². The lowest BCUT2D eigenvalue weighted by Crippen LogP contribution is -2.30. The second kappa shape index (κ2) is 7.89. The zero-order chi connectivity index (χ0) is 22.4. The van der Waals surface area contributed by atoms with Gasteiger partial charge in [0.1, 0.15) is 16.1 Å². The van der Waals surface area contributed by atoms with Crippen LogP contribution in [0.3, 0.4) is 0 Å². The van der Waals surface area contributed by atoms with Crippen LogP contribution in [0.2, 0.25) is 0 Å². The third-order valence-corrected chi connectivity index (χ3v) is 7.08. The molecule has 32 heavy (non-hydrogen) atoms. The quantitative estimate of drug-likeness (QED) is 0.366. The number of benzene rings is 2. The standard InChI is InChI=1S/C24H21N3O4S/c1-2-27-10-9-15-19(12-27)32-23(20(15)21(25)28)26-22(29)17-11-16-14-6-4-3-5-13(14)7-8-18(16)31-24(17)30/h3-8,11H,2,9-10,12H2,1H3,(H2,25,28)(H,26,29). The van der Waals surface area contributed by atoms with E-state index in [1.165, 1.54) is 11.3 Å². The molecule has 2 amide bonds. The molecular weight excluding hydrogens is 426 g/mol. The Morgan fingerprint density at radius 3 is 2.78 bits per heavy atom. The van der Waals surface area contributed by atoms with Crippen LogP contribution in [0.25, 0.3) is 21.7 Å². The van der Waals surface area contributed by atoms with E-state index in [4.69, 9.17) is 10.2 Å². The molecule has 0 radical (unpaired) electrons. The summed E-state index contributed by atoms with van der Waals surface area (Å²) < 4.78 is 5.44. The summed E-state index contributed by atoms with van der Waals surface area (Å²) in [5, 5.41) is 5.66. The molecule has 162 valence electrons. The fourth-order valence-electron chi connectivity index (χ4n) is 4.28. The minimum atomic E-state index is -0.732. The van der Waals surface area contributed by atoms with Crippen molar-refractivity contribution in [1.82, 2.24) is 4.90 Å². The second-order valence-electron chi connectivity index (χ2n) is 7.79. The van der Waals surface area contributed by atoms with Gasteiger partial charge in [0.05, 0.1) is 5.56 Å². The molecule has 7 nitrogen and oxygen atoms in total. The maximum Gasteiger partial charge on any atom is 0.349 e. The van der Waals surface area contributed by atoms with Crippen LogP contribution in [0.15, 0.2) is 51.7 Å². The first-order valence-corrected chi connectivity index (χ1v) is 11.2. The van der Waals surface area contributed by atoms with Gasteiger partial charge >= 0.3 is 5.63 Å². The number of primary amides is 1. The number of thiophene rings is 1. The highest BCUT2D eigenvalue weighted by Crippen LogP contribution is 2.37. The molecule has 3 heterocycles. The number of fused-ring (bicyclic) bond motifs is 4. The van der Waals surface area contributed by atoms with Crippen LogP contribution < -0.4 is 16.7 Å². The molecule has 5 rings (SSSR count). The van der Waals surface area contributed by atoms with Gasteiger partial charge in [-0.1, -0.05) is 37.3 Å². The van der Waals surface area contributed by atoms with Crippen molar-refractivity contribution < 1.29 is 14.0 Å². The zero-order valence-electron chi connectivity index (χ0n) is 17.4. The summed E-state index contributed by atoms with van der Waals surface area (Å²) in [5.41, 5.74) is 6.44. The van der Waals surface area contributed by atoms with Crippen LogP contribution in [-0.2, 0) is 13.0 Å². The van der Waals surface area contributed by atoms with Crippen molar-refractivity contribution in [2.75, 3.05) is 18.4 Å². The Hall–Kier alpha value is -3.49. The Labute approximate surface area is 187 Å². The van der Waals surface area contributed by atoms with Crippen LogP contribution in [0.4, 0.5) is 5.00 Å². The second-order valence-corrected chi connectivity index (χ2v) is 8.90. The molecule has 2 aromatic heterocycles. The molecule has 1 aliphatic heterocycles. The third kappa shape index (κ3) is 3.37. The monoisotopic (exact) mass is 447 g/mol. The third-order valence-electron chi connectivity index (χ3n) is 5.94. The Morgan fingerprint density at radius 1 is 1.19 bits per heavy atom. The number of nitrogens with one attached hydrogen (secondary N) is 1.